The number of cyclic esters (lactones) is 1. The highest BCUT2D eigenvalue weighted by atomic mass is 16.6. The summed E-state index contributed by atoms with van der Waals surface area (Å²) in [5.41, 5.74) is 1.95. The van der Waals surface area contributed by atoms with Gasteiger partial charge in [-0.2, -0.15) is 5.10 Å². The van der Waals surface area contributed by atoms with Crippen molar-refractivity contribution in [3.05, 3.63) is 53.9 Å². The third kappa shape index (κ3) is 3.79. The third-order valence-corrected chi connectivity index (χ3v) is 3.92. The van der Waals surface area contributed by atoms with Crippen LogP contribution in [0.4, 0.5) is 10.5 Å². The van der Waals surface area contributed by atoms with Crippen LogP contribution in [0.2, 0.25) is 0 Å². The Balaban J connectivity index is 1.75. The van der Waals surface area contributed by atoms with Crippen molar-refractivity contribution in [2.45, 2.75) is 26.3 Å². The Morgan fingerprint density at radius 3 is 2.76 bits per heavy atom. The van der Waals surface area contributed by atoms with Crippen molar-refractivity contribution in [1.82, 2.24) is 9.78 Å². The summed E-state index contributed by atoms with van der Waals surface area (Å²) in [7, 11) is 0. The number of hydrogen-bond donors (Lipinski definition) is 0. The minimum atomic E-state index is -0.380. The summed E-state index contributed by atoms with van der Waals surface area (Å²) in [6.07, 6.45) is 6.51. The highest BCUT2D eigenvalue weighted by Crippen LogP contribution is 2.21. The van der Waals surface area contributed by atoms with Crippen molar-refractivity contribution in [2.75, 3.05) is 18.1 Å². The topological polar surface area (TPSA) is 64.4 Å². The van der Waals surface area contributed by atoms with Gasteiger partial charge in [0.05, 0.1) is 18.3 Å². The lowest BCUT2D eigenvalue weighted by Gasteiger charge is -2.18. The molecular weight excluding hydrogens is 318 g/mol. The standard InChI is InChI=1S/C19H21N3O3/c1-19(2,3)22-13-14(12-20-22)7-8-17(23)15-5-4-6-16(11-15)21-9-10-25-18(21)24/h4-8,11-13H,9-10H2,1-3H3/b8-7-. The molecule has 0 aliphatic carbocycles. The van der Waals surface area contributed by atoms with Crippen molar-refractivity contribution in [2.24, 2.45) is 0 Å². The van der Waals surface area contributed by atoms with Gasteiger partial charge in [-0.05, 0) is 45.1 Å². The number of anilines is 1. The Bertz CT molecular complexity index is 830. The van der Waals surface area contributed by atoms with E-state index in [2.05, 4.69) is 25.9 Å². The fourth-order valence-electron chi connectivity index (χ4n) is 2.51. The molecule has 0 unspecified atom stereocenters. The SMILES string of the molecule is CC(C)(C)n1cc(/C=C\C(=O)c2cccc(N3CCOC3=O)c2)cn1. The first-order chi connectivity index (χ1) is 11.8. The maximum Gasteiger partial charge on any atom is 0.414 e. The van der Waals surface area contributed by atoms with Gasteiger partial charge >= 0.3 is 6.09 Å². The van der Waals surface area contributed by atoms with Crippen LogP contribution in [-0.4, -0.2) is 34.8 Å². The van der Waals surface area contributed by atoms with Gasteiger partial charge in [0, 0.05) is 23.0 Å². The average molecular weight is 339 g/mol. The molecule has 1 fully saturated rings. The summed E-state index contributed by atoms with van der Waals surface area (Å²) >= 11 is 0. The molecule has 1 aliphatic heterocycles. The predicted molar refractivity (Wildman–Crippen MR) is 95.7 cm³/mol. The molecule has 0 bridgehead atoms. The number of amides is 1. The molecule has 130 valence electrons. The van der Waals surface area contributed by atoms with Crippen molar-refractivity contribution in [3.8, 4) is 0 Å². The summed E-state index contributed by atoms with van der Waals surface area (Å²) in [6.45, 7) is 7.06. The van der Waals surface area contributed by atoms with Gasteiger partial charge in [0.15, 0.2) is 5.78 Å². The van der Waals surface area contributed by atoms with E-state index in [0.29, 0.717) is 24.4 Å². The Morgan fingerprint density at radius 1 is 1.32 bits per heavy atom. The van der Waals surface area contributed by atoms with Crippen molar-refractivity contribution >= 4 is 23.6 Å². The summed E-state index contributed by atoms with van der Waals surface area (Å²) in [5.74, 6) is -0.127. The van der Waals surface area contributed by atoms with Gasteiger partial charge in [-0.3, -0.25) is 14.4 Å². The summed E-state index contributed by atoms with van der Waals surface area (Å²) in [5, 5.41) is 4.31. The Labute approximate surface area is 146 Å². The zero-order valence-electron chi connectivity index (χ0n) is 14.6. The molecular formula is C19H21N3O3. The number of aromatic nitrogens is 2. The van der Waals surface area contributed by atoms with Crippen molar-refractivity contribution in [1.29, 1.82) is 0 Å². The van der Waals surface area contributed by atoms with E-state index in [1.807, 2.05) is 10.9 Å². The largest absolute Gasteiger partial charge is 0.447 e. The molecule has 1 amide bonds. The molecule has 2 heterocycles. The lowest BCUT2D eigenvalue weighted by Crippen LogP contribution is -2.23. The molecule has 0 saturated carbocycles. The second-order valence-corrected chi connectivity index (χ2v) is 6.90. The molecule has 0 spiro atoms. The molecule has 0 N–H and O–H groups in total. The first-order valence-electron chi connectivity index (χ1n) is 8.16. The first kappa shape index (κ1) is 17.0. The Kier molecular flexibility index (Phi) is 4.44. The van der Waals surface area contributed by atoms with Gasteiger partial charge in [0.2, 0.25) is 0 Å². The highest BCUT2D eigenvalue weighted by molar-refractivity contribution is 6.07. The smallest absolute Gasteiger partial charge is 0.414 e. The van der Waals surface area contributed by atoms with Gasteiger partial charge in [-0.25, -0.2) is 4.79 Å². The number of benzene rings is 1. The van der Waals surface area contributed by atoms with Crippen LogP contribution >= 0.6 is 0 Å². The van der Waals surface area contributed by atoms with Crippen molar-refractivity contribution < 1.29 is 14.3 Å². The number of rotatable bonds is 4. The van der Waals surface area contributed by atoms with Gasteiger partial charge in [0.25, 0.3) is 0 Å². The van der Waals surface area contributed by atoms with E-state index in [4.69, 9.17) is 4.74 Å². The number of ketones is 1. The van der Waals surface area contributed by atoms with Crippen LogP contribution in [0.15, 0.2) is 42.7 Å². The number of carbonyl (C=O) groups excluding carboxylic acids is 2. The molecule has 0 radical (unpaired) electrons. The van der Waals surface area contributed by atoms with Crippen LogP contribution in [0, 0.1) is 0 Å². The second kappa shape index (κ2) is 6.55. The molecule has 1 aromatic carbocycles. The average Bonchev–Trinajstić information content (AvgIpc) is 3.21. The first-order valence-corrected chi connectivity index (χ1v) is 8.16. The fraction of sp³-hybridized carbons (Fsp3) is 0.316. The molecule has 1 saturated heterocycles. The number of hydrogen-bond acceptors (Lipinski definition) is 4. The van der Waals surface area contributed by atoms with E-state index in [9.17, 15) is 9.59 Å². The van der Waals surface area contributed by atoms with E-state index in [1.165, 1.54) is 11.0 Å². The maximum absolute atomic E-state index is 12.4. The zero-order valence-corrected chi connectivity index (χ0v) is 14.6. The van der Waals surface area contributed by atoms with E-state index >= 15 is 0 Å². The molecule has 1 aromatic heterocycles. The van der Waals surface area contributed by atoms with Crippen LogP contribution in [0.1, 0.15) is 36.7 Å². The molecule has 2 aromatic rings. The maximum atomic E-state index is 12.4. The number of nitrogens with zero attached hydrogens (tertiary/aromatic N) is 3. The monoisotopic (exact) mass is 339 g/mol. The quantitative estimate of drug-likeness (QED) is 0.632. The summed E-state index contributed by atoms with van der Waals surface area (Å²) in [4.78, 5) is 25.6. The molecule has 1 aliphatic rings. The molecule has 0 atom stereocenters. The Hall–Kier alpha value is -2.89. The molecule has 6 heteroatoms. The number of allylic oxidation sites excluding steroid dienone is 1. The molecule has 25 heavy (non-hydrogen) atoms. The summed E-state index contributed by atoms with van der Waals surface area (Å²) < 4.78 is 6.79. The third-order valence-electron chi connectivity index (χ3n) is 3.92. The van der Waals surface area contributed by atoms with Crippen LogP contribution in [0.5, 0.6) is 0 Å². The highest BCUT2D eigenvalue weighted by Gasteiger charge is 2.23. The van der Waals surface area contributed by atoms with Crippen LogP contribution in [-0.2, 0) is 10.3 Å². The van der Waals surface area contributed by atoms with E-state index in [0.717, 1.165) is 5.56 Å². The zero-order chi connectivity index (χ0) is 18.0. The fourth-order valence-corrected chi connectivity index (χ4v) is 2.51. The van der Waals surface area contributed by atoms with Gasteiger partial charge in [-0.15, -0.1) is 0 Å². The molecule has 6 nitrogen and oxygen atoms in total. The van der Waals surface area contributed by atoms with E-state index < -0.39 is 0 Å². The van der Waals surface area contributed by atoms with Crippen molar-refractivity contribution in [3.63, 3.8) is 0 Å². The van der Waals surface area contributed by atoms with Gasteiger partial charge < -0.3 is 4.74 Å². The van der Waals surface area contributed by atoms with Gasteiger partial charge in [-0.1, -0.05) is 12.1 Å². The van der Waals surface area contributed by atoms with Crippen LogP contribution in [0.3, 0.4) is 0 Å². The van der Waals surface area contributed by atoms with E-state index in [-0.39, 0.29) is 17.4 Å². The summed E-state index contributed by atoms with van der Waals surface area (Å²) in [6, 6.07) is 6.99. The minimum absolute atomic E-state index is 0.102. The second-order valence-electron chi connectivity index (χ2n) is 6.90. The number of carbonyl (C=O) groups is 2. The minimum Gasteiger partial charge on any atom is -0.447 e. The van der Waals surface area contributed by atoms with E-state index in [1.54, 1.807) is 36.5 Å². The number of ether oxygens (including phenoxy) is 1. The molecule has 3 rings (SSSR count). The Morgan fingerprint density at radius 2 is 2.12 bits per heavy atom. The lowest BCUT2D eigenvalue weighted by atomic mass is 10.1. The predicted octanol–water partition coefficient (Wildman–Crippen LogP) is 3.49. The van der Waals surface area contributed by atoms with Crippen LogP contribution < -0.4 is 4.90 Å². The van der Waals surface area contributed by atoms with Crippen LogP contribution in [0.25, 0.3) is 6.08 Å². The van der Waals surface area contributed by atoms with Gasteiger partial charge in [0.1, 0.15) is 6.61 Å². The normalized spacial score (nSPS) is 15.0. The lowest BCUT2D eigenvalue weighted by molar-refractivity contribution is 0.104.